The summed E-state index contributed by atoms with van der Waals surface area (Å²) in [5, 5.41) is 10.7. The lowest BCUT2D eigenvalue weighted by Gasteiger charge is -2.08. The van der Waals surface area contributed by atoms with Crippen LogP contribution in [0.15, 0.2) is 76.0 Å². The van der Waals surface area contributed by atoms with E-state index in [1.807, 2.05) is 30.3 Å². The number of fused-ring (bicyclic) bond motifs is 3. The van der Waals surface area contributed by atoms with E-state index in [-0.39, 0.29) is 16.2 Å². The van der Waals surface area contributed by atoms with E-state index < -0.39 is 10.1 Å². The minimum atomic E-state index is -4.11. The van der Waals surface area contributed by atoms with E-state index in [9.17, 15) is 8.42 Å². The van der Waals surface area contributed by atoms with Crippen molar-refractivity contribution in [1.29, 1.82) is 5.26 Å². The van der Waals surface area contributed by atoms with Gasteiger partial charge in [0.05, 0.1) is 5.56 Å². The normalized spacial score (nSPS) is 11.5. The number of nitriles is 1. The highest BCUT2D eigenvalue weighted by Crippen LogP contribution is 2.32. The van der Waals surface area contributed by atoms with Crippen LogP contribution in [0.4, 0.5) is 0 Å². The van der Waals surface area contributed by atoms with Gasteiger partial charge in [-0.05, 0) is 36.4 Å². The maximum absolute atomic E-state index is 12.5. The summed E-state index contributed by atoms with van der Waals surface area (Å²) in [6.45, 7) is 0. The zero-order valence-corrected chi connectivity index (χ0v) is 13.7. The van der Waals surface area contributed by atoms with E-state index >= 15 is 0 Å². The molecule has 3 aromatic carbocycles. The van der Waals surface area contributed by atoms with Crippen molar-refractivity contribution in [1.82, 2.24) is 0 Å². The molecule has 1 heterocycles. The van der Waals surface area contributed by atoms with Gasteiger partial charge in [-0.15, -0.1) is 0 Å². The fourth-order valence-electron chi connectivity index (χ4n) is 2.71. The molecule has 5 nitrogen and oxygen atoms in total. The van der Waals surface area contributed by atoms with E-state index in [1.165, 1.54) is 18.2 Å². The van der Waals surface area contributed by atoms with Crippen molar-refractivity contribution in [2.75, 3.05) is 0 Å². The molecule has 0 spiro atoms. The molecule has 0 amide bonds. The maximum atomic E-state index is 12.5. The Labute approximate surface area is 143 Å². The molecule has 0 saturated heterocycles. The summed E-state index contributed by atoms with van der Waals surface area (Å²) < 4.78 is 36.0. The lowest BCUT2D eigenvalue weighted by atomic mass is 10.1. The molecular weight excluding hydrogens is 338 g/mol. The molecule has 0 fully saturated rings. The van der Waals surface area contributed by atoms with Crippen LogP contribution in [0.3, 0.4) is 0 Å². The zero-order chi connectivity index (χ0) is 17.4. The highest BCUT2D eigenvalue weighted by atomic mass is 32.2. The van der Waals surface area contributed by atoms with Crippen LogP contribution in [0.25, 0.3) is 21.9 Å². The minimum absolute atomic E-state index is 0.0392. The van der Waals surface area contributed by atoms with Crippen LogP contribution in [0.2, 0.25) is 0 Å². The fourth-order valence-corrected chi connectivity index (χ4v) is 3.78. The van der Waals surface area contributed by atoms with Gasteiger partial charge in [0.2, 0.25) is 0 Å². The Morgan fingerprint density at radius 2 is 1.60 bits per heavy atom. The van der Waals surface area contributed by atoms with Gasteiger partial charge in [0, 0.05) is 10.8 Å². The van der Waals surface area contributed by atoms with Gasteiger partial charge >= 0.3 is 10.1 Å². The van der Waals surface area contributed by atoms with Gasteiger partial charge in [-0.3, -0.25) is 0 Å². The third-order valence-corrected chi connectivity index (χ3v) is 5.14. The standard InChI is InChI=1S/C19H11NO4S/c20-12-13-5-1-4-8-19(13)25(21,22)24-14-9-10-18-16(11-14)15-6-2-3-7-17(15)23-18/h1-11H. The Hall–Kier alpha value is -3.30. The van der Waals surface area contributed by atoms with Gasteiger partial charge in [0.1, 0.15) is 27.9 Å². The number of para-hydroxylation sites is 1. The molecule has 1 aromatic heterocycles. The van der Waals surface area contributed by atoms with E-state index in [0.717, 1.165) is 10.8 Å². The van der Waals surface area contributed by atoms with Gasteiger partial charge in [-0.25, -0.2) is 0 Å². The second-order valence-corrected chi connectivity index (χ2v) is 6.92. The Morgan fingerprint density at radius 3 is 2.44 bits per heavy atom. The first-order valence-electron chi connectivity index (χ1n) is 7.43. The molecule has 4 rings (SSSR count). The van der Waals surface area contributed by atoms with Gasteiger partial charge in [0.25, 0.3) is 0 Å². The Morgan fingerprint density at radius 1 is 0.880 bits per heavy atom. The van der Waals surface area contributed by atoms with Crippen LogP contribution in [-0.4, -0.2) is 8.42 Å². The molecule has 25 heavy (non-hydrogen) atoms. The Balaban J connectivity index is 1.80. The summed E-state index contributed by atoms with van der Waals surface area (Å²) in [5.41, 5.74) is 1.40. The molecule has 6 heteroatoms. The van der Waals surface area contributed by atoms with Gasteiger partial charge < -0.3 is 8.60 Å². The molecule has 0 atom stereocenters. The van der Waals surface area contributed by atoms with Gasteiger partial charge in [-0.1, -0.05) is 30.3 Å². The number of hydrogen-bond acceptors (Lipinski definition) is 5. The van der Waals surface area contributed by atoms with Crippen molar-refractivity contribution in [2.24, 2.45) is 0 Å². The highest BCUT2D eigenvalue weighted by Gasteiger charge is 2.21. The maximum Gasteiger partial charge on any atom is 0.340 e. The monoisotopic (exact) mass is 349 g/mol. The second kappa shape index (κ2) is 5.65. The van der Waals surface area contributed by atoms with Crippen LogP contribution in [0, 0.1) is 11.3 Å². The van der Waals surface area contributed by atoms with Crippen LogP contribution in [-0.2, 0) is 10.1 Å². The molecule has 0 N–H and O–H groups in total. The first-order chi connectivity index (χ1) is 12.1. The number of furan rings is 1. The van der Waals surface area contributed by atoms with Crippen molar-refractivity contribution in [3.63, 3.8) is 0 Å². The van der Waals surface area contributed by atoms with E-state index in [0.29, 0.717) is 11.2 Å². The number of benzene rings is 3. The van der Waals surface area contributed by atoms with Crippen LogP contribution < -0.4 is 4.18 Å². The molecule has 0 aliphatic rings. The topological polar surface area (TPSA) is 80.3 Å². The molecular formula is C19H11NO4S. The average molecular weight is 349 g/mol. The molecule has 0 aliphatic heterocycles. The highest BCUT2D eigenvalue weighted by molar-refractivity contribution is 7.87. The summed E-state index contributed by atoms with van der Waals surface area (Å²) in [5.74, 6) is 0.159. The van der Waals surface area contributed by atoms with Gasteiger partial charge in [0.15, 0.2) is 0 Å². The lowest BCUT2D eigenvalue weighted by molar-refractivity contribution is 0.486. The minimum Gasteiger partial charge on any atom is -0.456 e. The Kier molecular flexibility index (Phi) is 3.45. The zero-order valence-electron chi connectivity index (χ0n) is 12.8. The van der Waals surface area contributed by atoms with Crippen molar-refractivity contribution in [3.05, 3.63) is 72.3 Å². The van der Waals surface area contributed by atoms with Crippen molar-refractivity contribution in [2.45, 2.75) is 4.90 Å². The second-order valence-electron chi connectivity index (χ2n) is 5.40. The predicted octanol–water partition coefficient (Wildman–Crippen LogP) is 4.23. The summed E-state index contributed by atoms with van der Waals surface area (Å²) >= 11 is 0. The Bertz CT molecular complexity index is 1250. The smallest absolute Gasteiger partial charge is 0.340 e. The first-order valence-corrected chi connectivity index (χ1v) is 8.84. The molecule has 0 radical (unpaired) electrons. The van der Waals surface area contributed by atoms with Crippen LogP contribution in [0.5, 0.6) is 5.75 Å². The SMILES string of the molecule is N#Cc1ccccc1S(=O)(=O)Oc1ccc2oc3ccccc3c2c1. The van der Waals surface area contributed by atoms with Crippen molar-refractivity contribution < 1.29 is 17.0 Å². The third-order valence-electron chi connectivity index (χ3n) is 3.83. The van der Waals surface area contributed by atoms with E-state index in [4.69, 9.17) is 13.9 Å². The third kappa shape index (κ3) is 2.61. The lowest BCUT2D eigenvalue weighted by Crippen LogP contribution is -2.11. The summed E-state index contributed by atoms with van der Waals surface area (Å²) in [7, 11) is -4.11. The predicted molar refractivity (Wildman–Crippen MR) is 92.7 cm³/mol. The van der Waals surface area contributed by atoms with Crippen LogP contribution in [0.1, 0.15) is 5.56 Å². The molecule has 4 aromatic rings. The van der Waals surface area contributed by atoms with Gasteiger partial charge in [-0.2, -0.15) is 13.7 Å². The summed E-state index contributed by atoms with van der Waals surface area (Å²) in [6.07, 6.45) is 0. The van der Waals surface area contributed by atoms with Crippen LogP contribution >= 0.6 is 0 Å². The van der Waals surface area contributed by atoms with Crippen molar-refractivity contribution >= 4 is 32.1 Å². The molecule has 0 aliphatic carbocycles. The molecule has 122 valence electrons. The summed E-state index contributed by atoms with van der Waals surface area (Å²) in [6, 6.07) is 20.1. The molecule has 0 saturated carbocycles. The average Bonchev–Trinajstić information content (AvgIpc) is 2.99. The fraction of sp³-hybridized carbons (Fsp3) is 0. The number of nitrogens with zero attached hydrogens (tertiary/aromatic N) is 1. The quantitative estimate of drug-likeness (QED) is 0.517. The molecule has 0 bridgehead atoms. The summed E-state index contributed by atoms with van der Waals surface area (Å²) in [4.78, 5) is -0.158. The van der Waals surface area contributed by atoms with E-state index in [2.05, 4.69) is 0 Å². The number of rotatable bonds is 3. The largest absolute Gasteiger partial charge is 0.456 e. The van der Waals surface area contributed by atoms with E-state index in [1.54, 1.807) is 24.3 Å². The van der Waals surface area contributed by atoms with Crippen molar-refractivity contribution in [3.8, 4) is 11.8 Å². The first kappa shape index (κ1) is 15.2. The number of hydrogen-bond donors (Lipinski definition) is 0. The molecule has 0 unspecified atom stereocenters.